The minimum Gasteiger partial charge on any atom is -0.490 e. The largest absolute Gasteiger partial charge is 0.490 e. The summed E-state index contributed by atoms with van der Waals surface area (Å²) in [6.07, 6.45) is 2.04. The Labute approximate surface area is 233 Å². The van der Waals surface area contributed by atoms with E-state index in [1.54, 1.807) is 19.1 Å². The molecule has 39 heavy (non-hydrogen) atoms. The third kappa shape index (κ3) is 6.31. The fourth-order valence-electron chi connectivity index (χ4n) is 5.29. The quantitative estimate of drug-likeness (QED) is 0.399. The number of nitriles is 1. The zero-order valence-corrected chi connectivity index (χ0v) is 24.0. The number of fused-ring (bicyclic) bond motifs is 1. The van der Waals surface area contributed by atoms with Crippen molar-refractivity contribution in [2.24, 2.45) is 0 Å². The second kappa shape index (κ2) is 10.9. The molecule has 1 saturated heterocycles. The molecular formula is C28H33N5O4S2. The molecule has 0 saturated carbocycles. The zero-order chi connectivity index (χ0) is 27.8. The monoisotopic (exact) mass is 567 g/mol. The number of hydrogen-bond acceptors (Lipinski definition) is 9. The van der Waals surface area contributed by atoms with Crippen molar-refractivity contribution in [2.45, 2.75) is 57.8 Å². The maximum Gasteiger partial charge on any atom is 0.213 e. The van der Waals surface area contributed by atoms with Crippen molar-refractivity contribution in [3.05, 3.63) is 53.1 Å². The van der Waals surface area contributed by atoms with Gasteiger partial charge >= 0.3 is 0 Å². The van der Waals surface area contributed by atoms with Gasteiger partial charge in [-0.05, 0) is 69.4 Å². The number of aliphatic hydroxyl groups is 1. The highest BCUT2D eigenvalue weighted by atomic mass is 32.2. The molecule has 206 valence electrons. The topological polar surface area (TPSA) is 128 Å². The molecule has 0 spiro atoms. The summed E-state index contributed by atoms with van der Waals surface area (Å²) in [7, 11) is -3.50. The van der Waals surface area contributed by atoms with E-state index in [0.717, 1.165) is 33.7 Å². The van der Waals surface area contributed by atoms with Crippen molar-refractivity contribution < 1.29 is 18.3 Å². The third-order valence-electron chi connectivity index (χ3n) is 7.16. The maximum atomic E-state index is 12.9. The molecule has 2 heterocycles. The number of rotatable bonds is 9. The summed E-state index contributed by atoms with van der Waals surface area (Å²) in [6.45, 7) is 7.22. The summed E-state index contributed by atoms with van der Waals surface area (Å²) < 4.78 is 34.5. The number of aromatic nitrogens is 2. The number of sulfonamides is 1. The Morgan fingerprint density at radius 1 is 1.28 bits per heavy atom. The first-order valence-electron chi connectivity index (χ1n) is 13.2. The van der Waals surface area contributed by atoms with Crippen molar-refractivity contribution in [3.63, 3.8) is 0 Å². The van der Waals surface area contributed by atoms with Gasteiger partial charge in [-0.3, -0.25) is 4.90 Å². The molecule has 1 aliphatic heterocycles. The van der Waals surface area contributed by atoms with E-state index < -0.39 is 15.6 Å². The van der Waals surface area contributed by atoms with Gasteiger partial charge in [0.05, 0.1) is 23.0 Å². The van der Waals surface area contributed by atoms with Crippen LogP contribution in [-0.4, -0.2) is 65.7 Å². The lowest BCUT2D eigenvalue weighted by molar-refractivity contribution is 0.0695. The number of ether oxygens (including phenoxy) is 1. The lowest BCUT2D eigenvalue weighted by atomic mass is 10.0. The molecule has 1 aromatic heterocycles. The van der Waals surface area contributed by atoms with E-state index in [9.17, 15) is 18.8 Å². The van der Waals surface area contributed by atoms with E-state index in [1.165, 1.54) is 11.3 Å². The van der Waals surface area contributed by atoms with Crippen LogP contribution >= 0.6 is 11.3 Å². The Balaban J connectivity index is 1.31. The number of nitrogens with zero attached hydrogens (tertiary/aromatic N) is 4. The van der Waals surface area contributed by atoms with Crippen molar-refractivity contribution in [1.29, 1.82) is 5.26 Å². The predicted octanol–water partition coefficient (Wildman–Crippen LogP) is 3.89. The van der Waals surface area contributed by atoms with Gasteiger partial charge in [-0.2, -0.15) is 5.26 Å². The summed E-state index contributed by atoms with van der Waals surface area (Å²) in [5.41, 5.74) is 3.51. The van der Waals surface area contributed by atoms with E-state index in [4.69, 9.17) is 4.74 Å². The van der Waals surface area contributed by atoms with Gasteiger partial charge in [0.15, 0.2) is 0 Å². The number of nitrogens with one attached hydrogen (secondary N) is 1. The van der Waals surface area contributed by atoms with E-state index in [1.807, 2.05) is 43.0 Å². The molecule has 0 radical (unpaired) electrons. The first kappa shape index (κ1) is 27.7. The highest BCUT2D eigenvalue weighted by molar-refractivity contribution is 7.89. The van der Waals surface area contributed by atoms with Gasteiger partial charge in [-0.1, -0.05) is 29.5 Å². The number of hydrogen-bond donors (Lipinski definition) is 2. The number of benzene rings is 2. The van der Waals surface area contributed by atoms with E-state index in [0.29, 0.717) is 48.8 Å². The number of likely N-dealkylation sites (tertiary alicyclic amines) is 1. The Bertz CT molecular complexity index is 1510. The second-order valence-corrected chi connectivity index (χ2v) is 13.7. The van der Waals surface area contributed by atoms with Gasteiger partial charge in [0.1, 0.15) is 21.8 Å². The van der Waals surface area contributed by atoms with Crippen LogP contribution in [0.15, 0.2) is 36.4 Å². The maximum absolute atomic E-state index is 12.9. The summed E-state index contributed by atoms with van der Waals surface area (Å²) in [5.74, 6) is 0.544. The predicted molar refractivity (Wildman–Crippen MR) is 151 cm³/mol. The van der Waals surface area contributed by atoms with E-state index in [-0.39, 0.29) is 17.9 Å². The van der Waals surface area contributed by atoms with Gasteiger partial charge in [-0.25, -0.2) is 13.1 Å². The van der Waals surface area contributed by atoms with Gasteiger partial charge in [0, 0.05) is 36.8 Å². The smallest absolute Gasteiger partial charge is 0.213 e. The fourth-order valence-corrected chi connectivity index (χ4v) is 7.47. The highest BCUT2D eigenvalue weighted by Crippen LogP contribution is 2.40. The minimum absolute atomic E-state index is 0.0000475. The minimum atomic E-state index is -3.50. The van der Waals surface area contributed by atoms with Gasteiger partial charge in [0.2, 0.25) is 10.0 Å². The van der Waals surface area contributed by atoms with Crippen molar-refractivity contribution >= 4 is 21.4 Å². The van der Waals surface area contributed by atoms with Crippen LogP contribution in [0.2, 0.25) is 0 Å². The molecule has 1 aliphatic carbocycles. The first-order chi connectivity index (χ1) is 18.5. The standard InChI is InChI=1S/C28H33N5O4S2/c1-18(2)37-25-10-7-19(15-20(25)16-29)26-30-31-27(38-26)23-6-4-5-22-21(23)8-9-24(22)32-39(35,36)14-13-33-12-11-28(3,34)17-33/h4-7,10,15,18,24,32,34H,8-9,11-14,17H2,1-3H3/t24?,28-/m1/s1. The van der Waals surface area contributed by atoms with Crippen LogP contribution in [0.5, 0.6) is 5.75 Å². The lowest BCUT2D eigenvalue weighted by Gasteiger charge is -2.20. The van der Waals surface area contributed by atoms with Gasteiger partial charge in [-0.15, -0.1) is 10.2 Å². The highest BCUT2D eigenvalue weighted by Gasteiger charge is 2.33. The lowest BCUT2D eigenvalue weighted by Crippen LogP contribution is -2.36. The Morgan fingerprint density at radius 3 is 2.79 bits per heavy atom. The summed E-state index contributed by atoms with van der Waals surface area (Å²) in [4.78, 5) is 2.00. The fraction of sp³-hybridized carbons (Fsp3) is 0.464. The average Bonchev–Trinajstić information content (AvgIpc) is 3.61. The Kier molecular flexibility index (Phi) is 7.77. The van der Waals surface area contributed by atoms with E-state index in [2.05, 4.69) is 21.0 Å². The van der Waals surface area contributed by atoms with Crippen molar-refractivity contribution in [1.82, 2.24) is 19.8 Å². The van der Waals surface area contributed by atoms with Crippen LogP contribution in [-0.2, 0) is 16.4 Å². The molecule has 5 rings (SSSR count). The van der Waals surface area contributed by atoms with Crippen molar-refractivity contribution in [3.8, 4) is 33.0 Å². The van der Waals surface area contributed by atoms with Crippen molar-refractivity contribution in [2.75, 3.05) is 25.4 Å². The SMILES string of the molecule is CC(C)Oc1ccc(-c2nnc(-c3cccc4c3CCC4NS(=O)(=O)CCN3CC[C@@](C)(O)C3)s2)cc1C#N. The molecule has 1 unspecified atom stereocenters. The Morgan fingerprint density at radius 2 is 2.08 bits per heavy atom. The average molecular weight is 568 g/mol. The molecule has 0 amide bonds. The van der Waals surface area contributed by atoms with Crippen LogP contribution in [0, 0.1) is 11.3 Å². The molecule has 0 bridgehead atoms. The second-order valence-electron chi connectivity index (χ2n) is 10.8. The van der Waals surface area contributed by atoms with Gasteiger partial charge < -0.3 is 9.84 Å². The summed E-state index contributed by atoms with van der Waals surface area (Å²) >= 11 is 1.44. The summed E-state index contributed by atoms with van der Waals surface area (Å²) in [6, 6.07) is 13.3. The molecule has 2 aromatic carbocycles. The molecule has 1 fully saturated rings. The van der Waals surface area contributed by atoms with Crippen LogP contribution < -0.4 is 9.46 Å². The summed E-state index contributed by atoms with van der Waals surface area (Å²) in [5, 5.41) is 30.0. The zero-order valence-electron chi connectivity index (χ0n) is 22.3. The Hall–Kier alpha value is -2.88. The van der Waals surface area contributed by atoms with E-state index >= 15 is 0 Å². The normalized spacial score (nSPS) is 21.3. The first-order valence-corrected chi connectivity index (χ1v) is 15.6. The molecule has 2 aliphatic rings. The molecule has 11 heteroatoms. The third-order valence-corrected chi connectivity index (χ3v) is 9.53. The van der Waals surface area contributed by atoms with Crippen LogP contribution in [0.3, 0.4) is 0 Å². The van der Waals surface area contributed by atoms with Crippen LogP contribution in [0.1, 0.15) is 56.3 Å². The molecule has 2 N–H and O–H groups in total. The van der Waals surface area contributed by atoms with Gasteiger partial charge in [0.25, 0.3) is 0 Å². The molecule has 2 atom stereocenters. The van der Waals surface area contributed by atoms with Crippen LogP contribution in [0.4, 0.5) is 0 Å². The number of β-amino-alcohol motifs (C(OH)–C–C–N with tert-alkyl or cyclic N) is 1. The molecule has 9 nitrogen and oxygen atoms in total. The molecule has 3 aromatic rings. The molecular weight excluding hydrogens is 534 g/mol. The van der Waals surface area contributed by atoms with Crippen LogP contribution in [0.25, 0.3) is 21.1 Å².